The van der Waals surface area contributed by atoms with E-state index in [9.17, 15) is 8.42 Å². The van der Waals surface area contributed by atoms with Crippen LogP contribution in [-0.4, -0.2) is 44.1 Å². The third-order valence-corrected chi connectivity index (χ3v) is 5.16. The maximum Gasteiger partial charge on any atom is 0.232 e. The largest absolute Gasteiger partial charge is 0.299 e. The molecule has 0 fully saturated rings. The number of rotatable bonds is 11. The summed E-state index contributed by atoms with van der Waals surface area (Å²) in [5, 5.41) is 0. The highest BCUT2D eigenvalue weighted by Crippen LogP contribution is 2.13. The fourth-order valence-corrected chi connectivity index (χ4v) is 3.97. The summed E-state index contributed by atoms with van der Waals surface area (Å²) >= 11 is 6.07. The van der Waals surface area contributed by atoms with Gasteiger partial charge in [-0.15, -0.1) is 11.6 Å². The number of para-hydroxylation sites is 1. The van der Waals surface area contributed by atoms with E-state index in [1.807, 2.05) is 18.2 Å². The van der Waals surface area contributed by atoms with Crippen molar-refractivity contribution in [3.8, 4) is 0 Å². The first kappa shape index (κ1) is 19.3. The smallest absolute Gasteiger partial charge is 0.232 e. The molecular formula is C16H27ClN2O2S. The number of nitrogens with zero attached hydrogens (tertiary/aromatic N) is 1. The predicted octanol–water partition coefficient (Wildman–Crippen LogP) is 3.55. The summed E-state index contributed by atoms with van der Waals surface area (Å²) in [5.41, 5.74) is 0.601. The van der Waals surface area contributed by atoms with Crippen molar-refractivity contribution in [2.45, 2.75) is 39.2 Å². The zero-order valence-electron chi connectivity index (χ0n) is 13.5. The van der Waals surface area contributed by atoms with Crippen molar-refractivity contribution in [1.29, 1.82) is 0 Å². The van der Waals surface area contributed by atoms with Gasteiger partial charge in [0.25, 0.3) is 0 Å². The van der Waals surface area contributed by atoms with Crippen LogP contribution >= 0.6 is 11.6 Å². The molecule has 0 radical (unpaired) electrons. The average molecular weight is 347 g/mol. The van der Waals surface area contributed by atoms with Gasteiger partial charge in [0.15, 0.2) is 0 Å². The van der Waals surface area contributed by atoms with Crippen LogP contribution in [0.15, 0.2) is 30.3 Å². The highest BCUT2D eigenvalue weighted by atomic mass is 35.5. The Morgan fingerprint density at radius 1 is 1.14 bits per heavy atom. The molecule has 1 N–H and O–H groups in total. The van der Waals surface area contributed by atoms with Gasteiger partial charge in [0.05, 0.1) is 5.75 Å². The Balaban J connectivity index is 2.60. The number of halogens is 1. The van der Waals surface area contributed by atoms with Gasteiger partial charge in [0.2, 0.25) is 10.0 Å². The zero-order chi connectivity index (χ0) is 16.4. The lowest BCUT2D eigenvalue weighted by atomic mass is 10.2. The molecule has 1 aromatic rings. The first-order chi connectivity index (χ1) is 10.5. The van der Waals surface area contributed by atoms with Crippen LogP contribution in [0.2, 0.25) is 0 Å². The predicted molar refractivity (Wildman–Crippen MR) is 95.1 cm³/mol. The molecule has 1 rings (SSSR count). The minimum atomic E-state index is -3.34. The van der Waals surface area contributed by atoms with Crippen molar-refractivity contribution >= 4 is 27.3 Å². The van der Waals surface area contributed by atoms with Gasteiger partial charge in [-0.3, -0.25) is 9.62 Å². The fourth-order valence-electron chi connectivity index (χ4n) is 2.44. The van der Waals surface area contributed by atoms with E-state index < -0.39 is 10.0 Å². The van der Waals surface area contributed by atoms with E-state index in [1.54, 1.807) is 12.1 Å². The topological polar surface area (TPSA) is 49.4 Å². The van der Waals surface area contributed by atoms with Crippen LogP contribution in [0.25, 0.3) is 0 Å². The SMILES string of the molecule is CCCN(CCC)C(CCl)CCS(=O)(=O)Nc1ccccc1. The van der Waals surface area contributed by atoms with Crippen LogP contribution in [0.3, 0.4) is 0 Å². The second kappa shape index (κ2) is 10.1. The molecule has 0 amide bonds. The van der Waals surface area contributed by atoms with Crippen molar-refractivity contribution < 1.29 is 8.42 Å². The van der Waals surface area contributed by atoms with Crippen LogP contribution in [0.1, 0.15) is 33.1 Å². The fraction of sp³-hybridized carbons (Fsp3) is 0.625. The molecule has 126 valence electrons. The highest BCUT2D eigenvalue weighted by molar-refractivity contribution is 7.92. The van der Waals surface area contributed by atoms with Gasteiger partial charge in [-0.25, -0.2) is 8.42 Å². The number of hydrogen-bond acceptors (Lipinski definition) is 3. The van der Waals surface area contributed by atoms with Gasteiger partial charge in [-0.2, -0.15) is 0 Å². The van der Waals surface area contributed by atoms with E-state index in [2.05, 4.69) is 23.5 Å². The van der Waals surface area contributed by atoms with Crippen LogP contribution in [0.4, 0.5) is 5.69 Å². The van der Waals surface area contributed by atoms with E-state index in [1.165, 1.54) is 0 Å². The van der Waals surface area contributed by atoms with Crippen molar-refractivity contribution in [3.63, 3.8) is 0 Å². The van der Waals surface area contributed by atoms with Crippen LogP contribution in [-0.2, 0) is 10.0 Å². The van der Waals surface area contributed by atoms with E-state index in [4.69, 9.17) is 11.6 Å². The molecule has 6 heteroatoms. The van der Waals surface area contributed by atoms with Crippen molar-refractivity contribution in [1.82, 2.24) is 4.90 Å². The third kappa shape index (κ3) is 6.99. The summed E-state index contributed by atoms with van der Waals surface area (Å²) in [5.74, 6) is 0.546. The number of anilines is 1. The summed E-state index contributed by atoms with van der Waals surface area (Å²) in [6.07, 6.45) is 2.64. The van der Waals surface area contributed by atoms with Crippen molar-refractivity contribution in [2.24, 2.45) is 0 Å². The first-order valence-corrected chi connectivity index (χ1v) is 10.1. The molecule has 0 saturated heterocycles. The van der Waals surface area contributed by atoms with Gasteiger partial charge >= 0.3 is 0 Å². The Morgan fingerprint density at radius 2 is 1.73 bits per heavy atom. The van der Waals surface area contributed by atoms with E-state index in [0.29, 0.717) is 18.0 Å². The molecule has 0 spiro atoms. The van der Waals surface area contributed by atoms with Gasteiger partial charge in [0.1, 0.15) is 0 Å². The molecule has 0 heterocycles. The van der Waals surface area contributed by atoms with Gasteiger partial charge in [-0.1, -0.05) is 32.0 Å². The second-order valence-corrected chi connectivity index (χ2v) is 7.57. The normalized spacial score (nSPS) is 13.3. The highest BCUT2D eigenvalue weighted by Gasteiger charge is 2.20. The van der Waals surface area contributed by atoms with Gasteiger partial charge in [0, 0.05) is 17.6 Å². The summed E-state index contributed by atoms with van der Waals surface area (Å²) in [7, 11) is -3.34. The Bertz CT molecular complexity index is 502. The lowest BCUT2D eigenvalue weighted by Crippen LogP contribution is -2.39. The Labute approximate surface area is 139 Å². The molecule has 0 aliphatic carbocycles. The summed E-state index contributed by atoms with van der Waals surface area (Å²) in [6, 6.07) is 9.07. The van der Waals surface area contributed by atoms with E-state index in [-0.39, 0.29) is 11.8 Å². The average Bonchev–Trinajstić information content (AvgIpc) is 2.48. The van der Waals surface area contributed by atoms with E-state index >= 15 is 0 Å². The third-order valence-electron chi connectivity index (χ3n) is 3.48. The van der Waals surface area contributed by atoms with Gasteiger partial charge in [-0.05, 0) is 44.5 Å². The summed E-state index contributed by atoms with van der Waals surface area (Å²) < 4.78 is 27.0. The van der Waals surface area contributed by atoms with E-state index in [0.717, 1.165) is 25.9 Å². The molecule has 1 unspecified atom stereocenters. The van der Waals surface area contributed by atoms with Crippen LogP contribution in [0, 0.1) is 0 Å². The zero-order valence-corrected chi connectivity index (χ0v) is 15.0. The lowest BCUT2D eigenvalue weighted by molar-refractivity contribution is 0.207. The maximum atomic E-state index is 12.2. The summed E-state index contributed by atoms with van der Waals surface area (Å²) in [4.78, 5) is 2.30. The monoisotopic (exact) mass is 346 g/mol. The quantitative estimate of drug-likeness (QED) is 0.623. The molecule has 0 aromatic heterocycles. The van der Waals surface area contributed by atoms with Crippen molar-refractivity contribution in [3.05, 3.63) is 30.3 Å². The maximum absolute atomic E-state index is 12.2. The molecule has 0 aliphatic rings. The molecule has 4 nitrogen and oxygen atoms in total. The number of sulfonamides is 1. The van der Waals surface area contributed by atoms with Crippen LogP contribution < -0.4 is 4.72 Å². The minimum absolute atomic E-state index is 0.0865. The van der Waals surface area contributed by atoms with Crippen molar-refractivity contribution in [2.75, 3.05) is 29.4 Å². The minimum Gasteiger partial charge on any atom is -0.299 e. The van der Waals surface area contributed by atoms with Gasteiger partial charge < -0.3 is 0 Å². The van der Waals surface area contributed by atoms with Crippen LogP contribution in [0.5, 0.6) is 0 Å². The summed E-state index contributed by atoms with van der Waals surface area (Å²) in [6.45, 7) is 6.16. The Morgan fingerprint density at radius 3 is 2.23 bits per heavy atom. The molecule has 1 aromatic carbocycles. The molecule has 1 atom stereocenters. The number of benzene rings is 1. The standard InChI is InChI=1S/C16H27ClN2O2S/c1-3-11-19(12-4-2)16(14-17)10-13-22(20,21)18-15-8-6-5-7-9-15/h5-9,16,18H,3-4,10-14H2,1-2H3. The second-order valence-electron chi connectivity index (χ2n) is 5.42. The number of nitrogens with one attached hydrogen (secondary N) is 1. The molecule has 0 saturated carbocycles. The molecule has 0 bridgehead atoms. The Hall–Kier alpha value is -0.780. The molecule has 22 heavy (non-hydrogen) atoms. The Kier molecular flexibility index (Phi) is 8.83. The first-order valence-electron chi connectivity index (χ1n) is 7.88. The molecular weight excluding hydrogens is 320 g/mol. The number of hydrogen-bond donors (Lipinski definition) is 1. The number of alkyl halides is 1. The molecule has 0 aliphatic heterocycles. The lowest BCUT2D eigenvalue weighted by Gasteiger charge is -2.29.